The number of fused-ring (bicyclic) bond motifs is 1. The average molecular weight is 345 g/mol. The minimum atomic E-state index is -0.258. The molecule has 5 nitrogen and oxygen atoms in total. The number of hydrogen-bond donors (Lipinski definition) is 1. The number of nitrogens with one attached hydrogen (secondary N) is 1. The third kappa shape index (κ3) is 3.80. The Balaban J connectivity index is 1.69. The zero-order valence-electron chi connectivity index (χ0n) is 12.6. The second kappa shape index (κ2) is 6.97. The molecule has 7 heteroatoms. The maximum atomic E-state index is 12.3. The van der Waals surface area contributed by atoms with Gasteiger partial charge in [0.1, 0.15) is 5.75 Å². The van der Waals surface area contributed by atoms with Crippen molar-refractivity contribution in [1.29, 1.82) is 0 Å². The lowest BCUT2D eigenvalue weighted by molar-refractivity contribution is -0.115. The highest BCUT2D eigenvalue weighted by Gasteiger charge is 2.17. The molecule has 1 aromatic carbocycles. The van der Waals surface area contributed by atoms with E-state index in [0.717, 1.165) is 21.0 Å². The number of carbonyl (C=O) groups excluding carboxylic acids is 1. The Morgan fingerprint density at radius 3 is 2.96 bits per heavy atom. The van der Waals surface area contributed by atoms with Gasteiger partial charge in [-0.15, -0.1) is 0 Å². The number of benzene rings is 1. The lowest BCUT2D eigenvalue weighted by Crippen LogP contribution is -2.22. The summed E-state index contributed by atoms with van der Waals surface area (Å²) in [4.78, 5) is 20.9. The largest absolute Gasteiger partial charge is 0.497 e. The van der Waals surface area contributed by atoms with Crippen LogP contribution >= 0.6 is 23.1 Å². The molecule has 0 aliphatic rings. The van der Waals surface area contributed by atoms with Crippen LogP contribution in [0.2, 0.25) is 0 Å². The highest BCUT2D eigenvalue weighted by Crippen LogP contribution is 2.30. The van der Waals surface area contributed by atoms with Crippen molar-refractivity contribution < 1.29 is 9.53 Å². The van der Waals surface area contributed by atoms with E-state index in [-0.39, 0.29) is 11.2 Å². The number of amides is 1. The second-order valence-electron chi connectivity index (χ2n) is 4.77. The first-order valence-corrected chi connectivity index (χ1v) is 8.68. The number of pyridine rings is 1. The topological polar surface area (TPSA) is 64.1 Å². The van der Waals surface area contributed by atoms with Crippen molar-refractivity contribution in [2.45, 2.75) is 17.2 Å². The van der Waals surface area contributed by atoms with Gasteiger partial charge in [0.05, 0.1) is 27.6 Å². The van der Waals surface area contributed by atoms with E-state index in [4.69, 9.17) is 4.74 Å². The molecule has 1 N–H and O–H groups in total. The molecule has 0 saturated heterocycles. The normalized spacial score (nSPS) is 12.1. The number of thiazole rings is 1. The van der Waals surface area contributed by atoms with E-state index in [2.05, 4.69) is 15.3 Å². The van der Waals surface area contributed by atoms with E-state index in [1.54, 1.807) is 13.3 Å². The number of aromatic nitrogens is 2. The van der Waals surface area contributed by atoms with Gasteiger partial charge in [0.25, 0.3) is 0 Å². The molecule has 1 atom stereocenters. The standard InChI is InChI=1S/C16H15N3O2S2/c1-10(22-14-5-3-4-8-17-14)15(20)19-16-18-12-7-6-11(21-2)9-13(12)23-16/h3-10H,1-2H3,(H,18,19,20). The van der Waals surface area contributed by atoms with Crippen LogP contribution in [0.25, 0.3) is 10.2 Å². The molecule has 0 spiro atoms. The fraction of sp³-hybridized carbons (Fsp3) is 0.188. The van der Waals surface area contributed by atoms with E-state index in [9.17, 15) is 4.79 Å². The molecule has 23 heavy (non-hydrogen) atoms. The summed E-state index contributed by atoms with van der Waals surface area (Å²) >= 11 is 2.85. The van der Waals surface area contributed by atoms with Gasteiger partial charge in [-0.1, -0.05) is 29.2 Å². The minimum Gasteiger partial charge on any atom is -0.497 e. The van der Waals surface area contributed by atoms with Crippen LogP contribution in [-0.4, -0.2) is 28.2 Å². The van der Waals surface area contributed by atoms with E-state index in [1.165, 1.54) is 23.1 Å². The van der Waals surface area contributed by atoms with Crippen molar-refractivity contribution in [3.63, 3.8) is 0 Å². The van der Waals surface area contributed by atoms with Gasteiger partial charge in [0.2, 0.25) is 5.91 Å². The van der Waals surface area contributed by atoms with Crippen LogP contribution in [0.3, 0.4) is 0 Å². The summed E-state index contributed by atoms with van der Waals surface area (Å²) in [7, 11) is 1.63. The maximum Gasteiger partial charge on any atom is 0.239 e. The minimum absolute atomic E-state index is 0.0910. The summed E-state index contributed by atoms with van der Waals surface area (Å²) in [6.07, 6.45) is 1.72. The quantitative estimate of drug-likeness (QED) is 0.712. The summed E-state index contributed by atoms with van der Waals surface area (Å²) in [5, 5.41) is 4.02. The van der Waals surface area contributed by atoms with Gasteiger partial charge in [0, 0.05) is 6.20 Å². The van der Waals surface area contributed by atoms with Crippen molar-refractivity contribution in [2.75, 3.05) is 12.4 Å². The lowest BCUT2D eigenvalue weighted by Gasteiger charge is -2.09. The molecular weight excluding hydrogens is 330 g/mol. The first-order valence-electron chi connectivity index (χ1n) is 6.99. The zero-order valence-corrected chi connectivity index (χ0v) is 14.3. The molecule has 2 aromatic heterocycles. The van der Waals surface area contributed by atoms with Crippen LogP contribution < -0.4 is 10.1 Å². The van der Waals surface area contributed by atoms with Crippen LogP contribution in [0.15, 0.2) is 47.6 Å². The van der Waals surface area contributed by atoms with Gasteiger partial charge in [-0.25, -0.2) is 9.97 Å². The summed E-state index contributed by atoms with van der Waals surface area (Å²) in [6.45, 7) is 1.85. The Bertz CT molecular complexity index is 821. The average Bonchev–Trinajstić information content (AvgIpc) is 2.96. The first kappa shape index (κ1) is 15.8. The summed E-state index contributed by atoms with van der Waals surface area (Å²) < 4.78 is 6.18. The van der Waals surface area contributed by atoms with Crippen molar-refractivity contribution >= 4 is 44.4 Å². The molecular formula is C16H15N3O2S2. The maximum absolute atomic E-state index is 12.3. The number of methoxy groups -OCH3 is 1. The molecule has 3 aromatic rings. The van der Waals surface area contributed by atoms with E-state index in [1.807, 2.05) is 43.3 Å². The summed E-state index contributed by atoms with van der Waals surface area (Å²) in [6, 6.07) is 11.3. The van der Waals surface area contributed by atoms with Crippen molar-refractivity contribution in [3.8, 4) is 5.75 Å². The second-order valence-corrected chi connectivity index (χ2v) is 7.16. The summed E-state index contributed by atoms with van der Waals surface area (Å²) in [5.41, 5.74) is 0.844. The fourth-order valence-corrected chi connectivity index (χ4v) is 3.65. The van der Waals surface area contributed by atoms with Gasteiger partial charge in [-0.05, 0) is 37.3 Å². The van der Waals surface area contributed by atoms with Gasteiger partial charge >= 0.3 is 0 Å². The predicted octanol–water partition coefficient (Wildman–Crippen LogP) is 3.82. The Labute approximate surface area is 142 Å². The van der Waals surface area contributed by atoms with E-state index < -0.39 is 0 Å². The highest BCUT2D eigenvalue weighted by atomic mass is 32.2. The van der Waals surface area contributed by atoms with Crippen LogP contribution in [0, 0.1) is 0 Å². The number of rotatable bonds is 5. The van der Waals surface area contributed by atoms with E-state index in [0.29, 0.717) is 5.13 Å². The first-order chi connectivity index (χ1) is 11.2. The van der Waals surface area contributed by atoms with Crippen molar-refractivity contribution in [3.05, 3.63) is 42.6 Å². The van der Waals surface area contributed by atoms with Crippen molar-refractivity contribution in [1.82, 2.24) is 9.97 Å². The predicted molar refractivity (Wildman–Crippen MR) is 94.4 cm³/mol. The van der Waals surface area contributed by atoms with Crippen molar-refractivity contribution in [2.24, 2.45) is 0 Å². The number of nitrogens with zero attached hydrogens (tertiary/aromatic N) is 2. The molecule has 3 rings (SSSR count). The molecule has 2 heterocycles. The van der Waals surface area contributed by atoms with Gasteiger partial charge < -0.3 is 10.1 Å². The third-order valence-electron chi connectivity index (χ3n) is 3.13. The highest BCUT2D eigenvalue weighted by molar-refractivity contribution is 8.00. The molecule has 1 amide bonds. The number of anilines is 1. The Morgan fingerprint density at radius 2 is 2.22 bits per heavy atom. The number of ether oxygens (including phenoxy) is 1. The number of carbonyl (C=O) groups is 1. The van der Waals surface area contributed by atoms with Crippen LogP contribution in [-0.2, 0) is 4.79 Å². The monoisotopic (exact) mass is 345 g/mol. The van der Waals surface area contributed by atoms with Gasteiger partial charge in [-0.2, -0.15) is 0 Å². The molecule has 0 aliphatic carbocycles. The molecule has 0 saturated carbocycles. The van der Waals surface area contributed by atoms with Gasteiger partial charge in [0.15, 0.2) is 5.13 Å². The number of thioether (sulfide) groups is 1. The number of hydrogen-bond acceptors (Lipinski definition) is 6. The smallest absolute Gasteiger partial charge is 0.239 e. The fourth-order valence-electron chi connectivity index (χ4n) is 1.94. The molecule has 0 fully saturated rings. The zero-order chi connectivity index (χ0) is 16.2. The summed E-state index contributed by atoms with van der Waals surface area (Å²) in [5.74, 6) is 0.685. The Kier molecular flexibility index (Phi) is 4.78. The lowest BCUT2D eigenvalue weighted by atomic mass is 10.3. The molecule has 0 bridgehead atoms. The van der Waals surface area contributed by atoms with Gasteiger partial charge in [-0.3, -0.25) is 4.79 Å². The van der Waals surface area contributed by atoms with Crippen LogP contribution in [0.1, 0.15) is 6.92 Å². The molecule has 1 unspecified atom stereocenters. The third-order valence-corrected chi connectivity index (χ3v) is 5.11. The van der Waals surface area contributed by atoms with Crippen LogP contribution in [0.4, 0.5) is 5.13 Å². The van der Waals surface area contributed by atoms with Crippen LogP contribution in [0.5, 0.6) is 5.75 Å². The SMILES string of the molecule is COc1ccc2nc(NC(=O)C(C)Sc3ccccn3)sc2c1. The Hall–Kier alpha value is -2.12. The molecule has 0 radical (unpaired) electrons. The molecule has 118 valence electrons. The van der Waals surface area contributed by atoms with E-state index >= 15 is 0 Å². The molecule has 0 aliphatic heterocycles. The Morgan fingerprint density at radius 1 is 1.35 bits per heavy atom.